The lowest BCUT2D eigenvalue weighted by Crippen LogP contribution is -1.96. The van der Waals surface area contributed by atoms with Gasteiger partial charge in [-0.25, -0.2) is 0 Å². The van der Waals surface area contributed by atoms with Gasteiger partial charge in [-0.1, -0.05) is 133 Å². The van der Waals surface area contributed by atoms with Crippen molar-refractivity contribution < 1.29 is 4.79 Å². The summed E-state index contributed by atoms with van der Waals surface area (Å²) in [6.07, 6.45) is 11.4. The maximum atomic E-state index is 11.8. The summed E-state index contributed by atoms with van der Waals surface area (Å²) in [7, 11) is 0. The quantitative estimate of drug-likeness (QED) is 0.174. The van der Waals surface area contributed by atoms with Gasteiger partial charge in [0, 0.05) is 15.4 Å². The van der Waals surface area contributed by atoms with E-state index in [1.807, 2.05) is 39.8 Å². The fraction of sp³-hybridized carbons (Fsp3) is 0.378. The van der Waals surface area contributed by atoms with Crippen molar-refractivity contribution >= 4 is 23.1 Å². The number of aryl methyl sites for hydroxylation is 2. The van der Waals surface area contributed by atoms with Crippen LogP contribution in [0.2, 0.25) is 0 Å². The summed E-state index contributed by atoms with van der Waals surface area (Å²) in [5.74, 6) is 0.124. The van der Waals surface area contributed by atoms with Gasteiger partial charge in [0.05, 0.1) is 0 Å². The molecule has 0 saturated heterocycles. The van der Waals surface area contributed by atoms with Crippen LogP contribution >= 0.6 is 11.8 Å². The molecule has 0 aromatic heterocycles. The molecule has 0 atom stereocenters. The fourth-order valence-electron chi connectivity index (χ4n) is 4.02. The lowest BCUT2D eigenvalue weighted by molar-refractivity contribution is 0.101. The second-order valence-corrected chi connectivity index (χ2v) is 9.87. The monoisotopic (exact) mass is 544 g/mol. The zero-order valence-electron chi connectivity index (χ0n) is 24.8. The van der Waals surface area contributed by atoms with Crippen LogP contribution in [0.4, 0.5) is 0 Å². The topological polar surface area (TPSA) is 17.1 Å². The van der Waals surface area contributed by atoms with Crippen LogP contribution < -0.4 is 0 Å². The Morgan fingerprint density at radius 3 is 2.21 bits per heavy atom. The molecule has 0 saturated carbocycles. The summed E-state index contributed by atoms with van der Waals surface area (Å²) >= 11 is 1.80. The average molecular weight is 545 g/mol. The Hall–Kier alpha value is -2.84. The molecule has 1 aliphatic rings. The summed E-state index contributed by atoms with van der Waals surface area (Å²) in [6, 6.07) is 23.5. The molecule has 4 rings (SSSR count). The van der Waals surface area contributed by atoms with Crippen LogP contribution in [0, 0.1) is 6.92 Å². The number of hydrogen-bond donors (Lipinski definition) is 0. The van der Waals surface area contributed by atoms with Gasteiger partial charge in [0.15, 0.2) is 5.78 Å². The third-order valence-electron chi connectivity index (χ3n) is 6.00. The van der Waals surface area contributed by atoms with E-state index in [9.17, 15) is 4.79 Å². The van der Waals surface area contributed by atoms with Gasteiger partial charge in [-0.15, -0.1) is 6.58 Å². The van der Waals surface area contributed by atoms with Crippen LogP contribution in [-0.2, 0) is 6.42 Å². The van der Waals surface area contributed by atoms with Crippen molar-refractivity contribution in [1.82, 2.24) is 0 Å². The number of hydrogen-bond acceptors (Lipinski definition) is 2. The number of benzene rings is 3. The molecule has 1 nitrogen and oxygen atoms in total. The molecule has 0 N–H and O–H groups in total. The SMILES string of the molecule is C.C=CCCCCC.CC.CC.CC(=O)c1ccc2c(c1)CC/C=C(\c1ccc(C)cc1)c1ccccc1S2. The molecule has 0 aliphatic carbocycles. The predicted octanol–water partition coefficient (Wildman–Crippen LogP) is 12.2. The predicted molar refractivity (Wildman–Crippen MR) is 177 cm³/mol. The van der Waals surface area contributed by atoms with Crippen LogP contribution in [-0.4, -0.2) is 5.78 Å². The van der Waals surface area contributed by atoms with Crippen molar-refractivity contribution in [1.29, 1.82) is 0 Å². The molecule has 0 amide bonds. The van der Waals surface area contributed by atoms with Gasteiger partial charge in [0.25, 0.3) is 0 Å². The van der Waals surface area contributed by atoms with Crippen LogP contribution in [0.25, 0.3) is 5.57 Å². The third kappa shape index (κ3) is 11.8. The Morgan fingerprint density at radius 1 is 0.923 bits per heavy atom. The minimum atomic E-state index is 0. The Labute approximate surface area is 244 Å². The third-order valence-corrected chi connectivity index (χ3v) is 7.19. The second kappa shape index (κ2) is 21.0. The van der Waals surface area contributed by atoms with Crippen LogP contribution in [0.3, 0.4) is 0 Å². The van der Waals surface area contributed by atoms with E-state index in [0.29, 0.717) is 0 Å². The first-order chi connectivity index (χ1) is 18.5. The largest absolute Gasteiger partial charge is 0.295 e. The first-order valence-electron chi connectivity index (χ1n) is 14.3. The molecule has 1 heterocycles. The highest BCUT2D eigenvalue weighted by Gasteiger charge is 2.15. The number of unbranched alkanes of at least 4 members (excludes halogenated alkanes) is 3. The van der Waals surface area contributed by atoms with Gasteiger partial charge in [-0.3, -0.25) is 4.79 Å². The molecular formula is C37H52OS. The van der Waals surface area contributed by atoms with E-state index >= 15 is 0 Å². The van der Waals surface area contributed by atoms with Crippen molar-refractivity contribution in [2.45, 2.75) is 104 Å². The maximum absolute atomic E-state index is 11.8. The van der Waals surface area contributed by atoms with Gasteiger partial charge in [-0.2, -0.15) is 0 Å². The summed E-state index contributed by atoms with van der Waals surface area (Å²) in [4.78, 5) is 14.3. The molecule has 212 valence electrons. The number of Topliss-reactive ketones (excluding diaryl/α,β-unsaturated/α-hetero) is 1. The van der Waals surface area contributed by atoms with Gasteiger partial charge in [-0.05, 0) is 80.0 Å². The molecule has 2 heteroatoms. The highest BCUT2D eigenvalue weighted by Crippen LogP contribution is 2.39. The summed E-state index contributed by atoms with van der Waals surface area (Å²) in [5, 5.41) is 0. The van der Waals surface area contributed by atoms with Crippen molar-refractivity contribution in [2.75, 3.05) is 0 Å². The van der Waals surface area contributed by atoms with Gasteiger partial charge < -0.3 is 0 Å². The Kier molecular flexibility index (Phi) is 19.5. The standard InChI is InChI=1S/C25H22OS.C7H14.2C2H6.CH4/c1-17-10-12-19(13-11-17)22-8-5-6-21-16-20(18(2)26)14-15-24(21)27-25-9-4-3-7-23(22)25;1-3-5-7-6-4-2;2*1-2;/h3-4,7-16H,5-6H2,1-2H3;3H,1,4-7H2,2H3;2*1-2H3;1H4/b22-8+;;;;. The van der Waals surface area contributed by atoms with Crippen molar-refractivity contribution in [2.24, 2.45) is 0 Å². The van der Waals surface area contributed by atoms with E-state index in [4.69, 9.17) is 0 Å². The van der Waals surface area contributed by atoms with Crippen molar-refractivity contribution in [3.8, 4) is 0 Å². The number of carbonyl (C=O) groups excluding carboxylic acids is 1. The molecule has 0 fully saturated rings. The fourth-order valence-corrected chi connectivity index (χ4v) is 5.12. The molecule has 1 aliphatic heterocycles. The number of carbonyl (C=O) groups is 1. The smallest absolute Gasteiger partial charge is 0.159 e. The molecular weight excluding hydrogens is 492 g/mol. The first kappa shape index (κ1) is 36.2. The van der Waals surface area contributed by atoms with Gasteiger partial charge in [0.1, 0.15) is 0 Å². The van der Waals surface area contributed by atoms with Crippen molar-refractivity contribution in [3.05, 3.63) is 113 Å². The number of fused-ring (bicyclic) bond motifs is 2. The van der Waals surface area contributed by atoms with Crippen molar-refractivity contribution in [3.63, 3.8) is 0 Å². The molecule has 3 aromatic rings. The highest BCUT2D eigenvalue weighted by atomic mass is 32.2. The van der Waals surface area contributed by atoms with Gasteiger partial charge in [0.2, 0.25) is 0 Å². The molecule has 3 aromatic carbocycles. The normalized spacial score (nSPS) is 12.5. The summed E-state index contributed by atoms with van der Waals surface area (Å²) in [5.41, 5.74) is 7.14. The van der Waals surface area contributed by atoms with E-state index in [1.165, 1.54) is 63.3 Å². The number of rotatable bonds is 6. The Balaban J connectivity index is 0.00000104. The zero-order valence-corrected chi connectivity index (χ0v) is 25.6. The van der Waals surface area contributed by atoms with E-state index in [-0.39, 0.29) is 13.2 Å². The minimum Gasteiger partial charge on any atom is -0.295 e. The molecule has 0 radical (unpaired) electrons. The van der Waals surface area contributed by atoms with E-state index in [0.717, 1.165) is 18.4 Å². The average Bonchev–Trinajstić information content (AvgIpc) is 3.03. The molecule has 0 bridgehead atoms. The lowest BCUT2D eigenvalue weighted by Gasteiger charge is -2.14. The van der Waals surface area contributed by atoms with E-state index in [2.05, 4.69) is 87.2 Å². The Morgan fingerprint density at radius 2 is 1.59 bits per heavy atom. The van der Waals surface area contributed by atoms with Crippen LogP contribution in [0.5, 0.6) is 0 Å². The number of ketones is 1. The highest BCUT2D eigenvalue weighted by molar-refractivity contribution is 7.99. The Bertz CT molecular complexity index is 1140. The summed E-state index contributed by atoms with van der Waals surface area (Å²) < 4.78 is 0. The molecule has 39 heavy (non-hydrogen) atoms. The lowest BCUT2D eigenvalue weighted by atomic mass is 9.95. The van der Waals surface area contributed by atoms with Crippen LogP contribution in [0.1, 0.15) is 114 Å². The van der Waals surface area contributed by atoms with Gasteiger partial charge >= 0.3 is 0 Å². The van der Waals surface area contributed by atoms with Crippen LogP contribution in [0.15, 0.2) is 95.3 Å². The summed E-state index contributed by atoms with van der Waals surface area (Å²) in [6.45, 7) is 17.6. The molecule has 0 unspecified atom stereocenters. The first-order valence-corrected chi connectivity index (χ1v) is 15.1. The second-order valence-electron chi connectivity index (χ2n) is 8.78. The zero-order chi connectivity index (χ0) is 28.3. The maximum Gasteiger partial charge on any atom is 0.159 e. The minimum absolute atomic E-state index is 0. The van der Waals surface area contributed by atoms with E-state index < -0.39 is 0 Å². The number of allylic oxidation sites excluding steroid dienone is 2. The molecule has 0 spiro atoms. The van der Waals surface area contributed by atoms with E-state index in [1.54, 1.807) is 18.7 Å².